The summed E-state index contributed by atoms with van der Waals surface area (Å²) < 4.78 is 10.8. The summed E-state index contributed by atoms with van der Waals surface area (Å²) in [4.78, 5) is 13.8. The molecule has 0 N–H and O–H groups in total. The van der Waals surface area contributed by atoms with Gasteiger partial charge in [-0.1, -0.05) is 12.1 Å². The molecule has 21 heavy (non-hydrogen) atoms. The van der Waals surface area contributed by atoms with Gasteiger partial charge in [-0.05, 0) is 50.8 Å². The molecule has 1 aromatic carbocycles. The molecule has 0 heterocycles. The summed E-state index contributed by atoms with van der Waals surface area (Å²) in [6, 6.07) is 8.64. The molecule has 0 radical (unpaired) electrons. The van der Waals surface area contributed by atoms with E-state index in [0.29, 0.717) is 25.8 Å². The first-order chi connectivity index (χ1) is 10.2. The second-order valence-corrected chi connectivity index (χ2v) is 5.53. The Balaban J connectivity index is 1.69. The SMILES string of the molecule is CCOC(=O)CN(CCCOc1cccc(C)c1)C1CC1. The van der Waals surface area contributed by atoms with Crippen molar-refractivity contribution in [2.45, 2.75) is 39.2 Å². The van der Waals surface area contributed by atoms with Crippen molar-refractivity contribution >= 4 is 5.97 Å². The molecule has 0 aliphatic heterocycles. The molecule has 4 nitrogen and oxygen atoms in total. The van der Waals surface area contributed by atoms with Gasteiger partial charge in [0, 0.05) is 12.6 Å². The van der Waals surface area contributed by atoms with Crippen LogP contribution < -0.4 is 4.74 Å². The highest BCUT2D eigenvalue weighted by Gasteiger charge is 2.30. The van der Waals surface area contributed by atoms with Crippen LogP contribution in [0, 0.1) is 6.92 Å². The summed E-state index contributed by atoms with van der Waals surface area (Å²) >= 11 is 0. The first kappa shape index (κ1) is 15.8. The van der Waals surface area contributed by atoms with Gasteiger partial charge in [0.15, 0.2) is 0 Å². The van der Waals surface area contributed by atoms with E-state index in [1.807, 2.05) is 25.1 Å². The van der Waals surface area contributed by atoms with Gasteiger partial charge in [-0.3, -0.25) is 9.69 Å². The van der Waals surface area contributed by atoms with Crippen molar-refractivity contribution in [3.63, 3.8) is 0 Å². The highest BCUT2D eigenvalue weighted by molar-refractivity contribution is 5.71. The summed E-state index contributed by atoms with van der Waals surface area (Å²) in [7, 11) is 0. The Morgan fingerprint density at radius 1 is 1.38 bits per heavy atom. The topological polar surface area (TPSA) is 38.8 Å². The van der Waals surface area contributed by atoms with Crippen LogP contribution in [0.15, 0.2) is 24.3 Å². The third kappa shape index (κ3) is 5.76. The first-order valence-electron chi connectivity index (χ1n) is 7.78. The van der Waals surface area contributed by atoms with E-state index in [2.05, 4.69) is 17.9 Å². The molecule has 0 saturated heterocycles. The monoisotopic (exact) mass is 291 g/mol. The maximum absolute atomic E-state index is 11.6. The minimum Gasteiger partial charge on any atom is -0.494 e. The highest BCUT2D eigenvalue weighted by Crippen LogP contribution is 2.26. The average Bonchev–Trinajstić information content (AvgIpc) is 3.27. The fraction of sp³-hybridized carbons (Fsp3) is 0.588. The van der Waals surface area contributed by atoms with Gasteiger partial charge < -0.3 is 9.47 Å². The van der Waals surface area contributed by atoms with E-state index in [1.165, 1.54) is 18.4 Å². The molecule has 0 amide bonds. The van der Waals surface area contributed by atoms with Crippen LogP contribution in [0.4, 0.5) is 0 Å². The third-order valence-electron chi connectivity index (χ3n) is 3.55. The predicted octanol–water partition coefficient (Wildman–Crippen LogP) is 2.79. The number of hydrogen-bond acceptors (Lipinski definition) is 4. The summed E-state index contributed by atoms with van der Waals surface area (Å²) in [5.74, 6) is 0.794. The molecular formula is C17H25NO3. The minimum absolute atomic E-state index is 0.121. The summed E-state index contributed by atoms with van der Waals surface area (Å²) in [6.07, 6.45) is 3.31. The molecule has 0 aromatic heterocycles. The molecule has 0 bridgehead atoms. The third-order valence-corrected chi connectivity index (χ3v) is 3.55. The molecular weight excluding hydrogens is 266 g/mol. The summed E-state index contributed by atoms with van der Waals surface area (Å²) in [5, 5.41) is 0. The summed E-state index contributed by atoms with van der Waals surface area (Å²) in [5.41, 5.74) is 1.20. The van der Waals surface area contributed by atoms with Gasteiger partial charge in [0.1, 0.15) is 5.75 Å². The highest BCUT2D eigenvalue weighted by atomic mass is 16.5. The van der Waals surface area contributed by atoms with Crippen LogP contribution >= 0.6 is 0 Å². The average molecular weight is 291 g/mol. The lowest BCUT2D eigenvalue weighted by molar-refractivity contribution is -0.144. The quantitative estimate of drug-likeness (QED) is 0.518. The zero-order valence-corrected chi connectivity index (χ0v) is 13.0. The minimum atomic E-state index is -0.121. The molecule has 1 aliphatic rings. The fourth-order valence-corrected chi connectivity index (χ4v) is 2.37. The van der Waals surface area contributed by atoms with Gasteiger partial charge in [0.05, 0.1) is 19.8 Å². The van der Waals surface area contributed by atoms with Crippen LogP contribution in [-0.4, -0.2) is 43.2 Å². The number of carbonyl (C=O) groups excluding carboxylic acids is 1. The van der Waals surface area contributed by atoms with Gasteiger partial charge >= 0.3 is 5.97 Å². The number of ether oxygens (including phenoxy) is 2. The molecule has 1 fully saturated rings. The Morgan fingerprint density at radius 2 is 2.19 bits per heavy atom. The molecule has 1 aromatic rings. The smallest absolute Gasteiger partial charge is 0.320 e. The van der Waals surface area contributed by atoms with Crippen LogP contribution in [0.25, 0.3) is 0 Å². The van der Waals surface area contributed by atoms with Gasteiger partial charge in [-0.2, -0.15) is 0 Å². The van der Waals surface area contributed by atoms with Gasteiger partial charge in [0.25, 0.3) is 0 Å². The van der Waals surface area contributed by atoms with Crippen LogP contribution in [-0.2, 0) is 9.53 Å². The van der Waals surface area contributed by atoms with Crippen molar-refractivity contribution in [3.8, 4) is 5.75 Å². The van der Waals surface area contributed by atoms with Gasteiger partial charge in [0.2, 0.25) is 0 Å². The Bertz CT molecular complexity index is 457. The molecule has 116 valence electrons. The van der Waals surface area contributed by atoms with E-state index in [4.69, 9.17) is 9.47 Å². The fourth-order valence-electron chi connectivity index (χ4n) is 2.37. The summed E-state index contributed by atoms with van der Waals surface area (Å²) in [6.45, 7) is 6.32. The Labute approximate surface area is 127 Å². The number of benzene rings is 1. The molecule has 1 aliphatic carbocycles. The molecule has 0 unspecified atom stereocenters. The molecule has 2 rings (SSSR count). The standard InChI is InChI=1S/C17H25NO3/c1-3-20-17(19)13-18(15-8-9-15)10-5-11-21-16-7-4-6-14(2)12-16/h4,6-7,12,15H,3,5,8-11,13H2,1-2H3. The largest absolute Gasteiger partial charge is 0.494 e. The Hall–Kier alpha value is -1.55. The first-order valence-corrected chi connectivity index (χ1v) is 7.78. The normalized spacial score (nSPS) is 14.2. The van der Waals surface area contributed by atoms with Crippen molar-refractivity contribution in [2.24, 2.45) is 0 Å². The number of aryl methyl sites for hydroxylation is 1. The lowest BCUT2D eigenvalue weighted by Gasteiger charge is -2.20. The number of carbonyl (C=O) groups is 1. The van der Waals surface area contributed by atoms with Gasteiger partial charge in [-0.15, -0.1) is 0 Å². The van der Waals surface area contributed by atoms with Crippen molar-refractivity contribution in [3.05, 3.63) is 29.8 Å². The van der Waals surface area contributed by atoms with Crippen molar-refractivity contribution in [1.29, 1.82) is 0 Å². The lowest BCUT2D eigenvalue weighted by Crippen LogP contribution is -2.34. The van der Waals surface area contributed by atoms with Crippen molar-refractivity contribution in [1.82, 2.24) is 4.90 Å². The van der Waals surface area contributed by atoms with Gasteiger partial charge in [-0.25, -0.2) is 0 Å². The number of hydrogen-bond donors (Lipinski definition) is 0. The number of esters is 1. The van der Waals surface area contributed by atoms with E-state index >= 15 is 0 Å². The Kier molecular flexibility index (Phi) is 6.05. The number of nitrogens with zero attached hydrogens (tertiary/aromatic N) is 1. The van der Waals surface area contributed by atoms with E-state index in [1.54, 1.807) is 0 Å². The maximum atomic E-state index is 11.6. The van der Waals surface area contributed by atoms with Crippen LogP contribution in [0.1, 0.15) is 31.7 Å². The maximum Gasteiger partial charge on any atom is 0.320 e. The zero-order valence-electron chi connectivity index (χ0n) is 13.0. The van der Waals surface area contributed by atoms with E-state index in [9.17, 15) is 4.79 Å². The second kappa shape index (κ2) is 8.03. The van der Waals surface area contributed by atoms with E-state index < -0.39 is 0 Å². The van der Waals surface area contributed by atoms with Crippen molar-refractivity contribution in [2.75, 3.05) is 26.3 Å². The lowest BCUT2D eigenvalue weighted by atomic mass is 10.2. The van der Waals surface area contributed by atoms with E-state index in [-0.39, 0.29) is 5.97 Å². The van der Waals surface area contributed by atoms with Crippen molar-refractivity contribution < 1.29 is 14.3 Å². The molecule has 4 heteroatoms. The molecule has 1 saturated carbocycles. The predicted molar refractivity (Wildman–Crippen MR) is 82.5 cm³/mol. The van der Waals surface area contributed by atoms with E-state index in [0.717, 1.165) is 18.7 Å². The Morgan fingerprint density at radius 3 is 2.86 bits per heavy atom. The second-order valence-electron chi connectivity index (χ2n) is 5.53. The number of rotatable bonds is 9. The van der Waals surface area contributed by atoms with Crippen LogP contribution in [0.5, 0.6) is 5.75 Å². The zero-order chi connectivity index (χ0) is 15.1. The van der Waals surface area contributed by atoms with Crippen LogP contribution in [0.3, 0.4) is 0 Å². The van der Waals surface area contributed by atoms with Crippen LogP contribution in [0.2, 0.25) is 0 Å². The molecule has 0 atom stereocenters. The molecule has 0 spiro atoms.